The van der Waals surface area contributed by atoms with Gasteiger partial charge in [0, 0.05) is 11.6 Å². The third kappa shape index (κ3) is 5.00. The van der Waals surface area contributed by atoms with E-state index in [9.17, 15) is 4.79 Å². The summed E-state index contributed by atoms with van der Waals surface area (Å²) in [5, 5.41) is 3.59. The fraction of sp³-hybridized carbons (Fsp3) is 0.316. The molecule has 1 N–H and O–H groups in total. The van der Waals surface area contributed by atoms with E-state index in [0.717, 1.165) is 39.4 Å². The summed E-state index contributed by atoms with van der Waals surface area (Å²) < 4.78 is 5.70. The maximum atomic E-state index is 11.9. The number of hydrogen-bond acceptors (Lipinski definition) is 2. The average Bonchev–Trinajstić information content (AvgIpc) is 2.53. The highest BCUT2D eigenvalue weighted by Gasteiger charge is 2.09. The Balaban J connectivity index is 1.79. The van der Waals surface area contributed by atoms with E-state index in [2.05, 4.69) is 11.4 Å². The van der Waals surface area contributed by atoms with Gasteiger partial charge in [0.15, 0.2) is 6.61 Å². The molecule has 23 heavy (non-hydrogen) atoms. The van der Waals surface area contributed by atoms with Crippen molar-refractivity contribution < 1.29 is 9.53 Å². The quantitative estimate of drug-likeness (QED) is 0.868. The molecule has 0 saturated heterocycles. The fourth-order valence-electron chi connectivity index (χ4n) is 2.33. The van der Waals surface area contributed by atoms with Crippen LogP contribution in [0.3, 0.4) is 0 Å². The highest BCUT2D eigenvalue weighted by molar-refractivity contribution is 6.30. The lowest BCUT2D eigenvalue weighted by molar-refractivity contribution is -0.123. The van der Waals surface area contributed by atoms with Crippen LogP contribution >= 0.6 is 11.6 Å². The molecule has 3 nitrogen and oxygen atoms in total. The average molecular weight is 332 g/mol. The summed E-state index contributed by atoms with van der Waals surface area (Å²) in [6.07, 6.45) is 0.769. The fourth-order valence-corrected chi connectivity index (χ4v) is 2.46. The Kier molecular flexibility index (Phi) is 6.05. The number of nitrogens with one attached hydrogen (secondary N) is 1. The number of halogens is 1. The van der Waals surface area contributed by atoms with Crippen molar-refractivity contribution in [2.45, 2.75) is 27.2 Å². The van der Waals surface area contributed by atoms with Gasteiger partial charge in [-0.25, -0.2) is 0 Å². The number of benzene rings is 2. The Morgan fingerprint density at radius 3 is 2.39 bits per heavy atom. The molecule has 2 aromatic carbocycles. The molecular formula is C19H22ClNO2. The molecule has 4 heteroatoms. The maximum Gasteiger partial charge on any atom is 0.257 e. The van der Waals surface area contributed by atoms with Gasteiger partial charge in [-0.1, -0.05) is 35.9 Å². The molecule has 0 saturated carbocycles. The zero-order valence-corrected chi connectivity index (χ0v) is 14.5. The number of carbonyl (C=O) groups is 1. The molecule has 122 valence electrons. The Bertz CT molecular complexity index is 681. The van der Waals surface area contributed by atoms with Gasteiger partial charge in [-0.2, -0.15) is 0 Å². The summed E-state index contributed by atoms with van der Waals surface area (Å²) in [6, 6.07) is 11.7. The Morgan fingerprint density at radius 1 is 1.04 bits per heavy atom. The molecule has 1 amide bonds. The minimum atomic E-state index is -0.112. The molecular weight excluding hydrogens is 310 g/mol. The molecule has 0 atom stereocenters. The normalized spacial score (nSPS) is 10.4. The molecule has 2 rings (SSSR count). The first-order chi connectivity index (χ1) is 11.0. The van der Waals surface area contributed by atoms with Crippen LogP contribution in [0.5, 0.6) is 5.75 Å². The second-order valence-electron chi connectivity index (χ2n) is 5.67. The molecule has 0 heterocycles. The molecule has 2 aromatic rings. The van der Waals surface area contributed by atoms with Crippen molar-refractivity contribution in [3.05, 3.63) is 63.7 Å². The Labute approximate surface area is 142 Å². The first-order valence-corrected chi connectivity index (χ1v) is 8.06. The smallest absolute Gasteiger partial charge is 0.257 e. The van der Waals surface area contributed by atoms with Crippen molar-refractivity contribution in [1.82, 2.24) is 5.32 Å². The standard InChI is InChI=1S/C19H22ClNO2/c1-13-4-5-14(2)19(15(13)3)23-12-18(22)21-11-10-16-6-8-17(20)9-7-16/h4-9H,10-12H2,1-3H3,(H,21,22). The van der Waals surface area contributed by atoms with Gasteiger partial charge in [-0.05, 0) is 61.6 Å². The number of aryl methyl sites for hydroxylation is 2. The van der Waals surface area contributed by atoms with Gasteiger partial charge in [0.25, 0.3) is 5.91 Å². The van der Waals surface area contributed by atoms with E-state index >= 15 is 0 Å². The van der Waals surface area contributed by atoms with E-state index in [1.54, 1.807) is 0 Å². The molecule has 0 radical (unpaired) electrons. The van der Waals surface area contributed by atoms with Crippen LogP contribution in [-0.4, -0.2) is 19.1 Å². The zero-order valence-electron chi connectivity index (χ0n) is 13.8. The van der Waals surface area contributed by atoms with Gasteiger partial charge >= 0.3 is 0 Å². The van der Waals surface area contributed by atoms with Crippen molar-refractivity contribution in [2.75, 3.05) is 13.2 Å². The summed E-state index contributed by atoms with van der Waals surface area (Å²) in [5.74, 6) is 0.692. The minimum absolute atomic E-state index is 0.0335. The summed E-state index contributed by atoms with van der Waals surface area (Å²) in [4.78, 5) is 11.9. The van der Waals surface area contributed by atoms with E-state index in [4.69, 9.17) is 16.3 Å². The summed E-state index contributed by atoms with van der Waals surface area (Å²) in [6.45, 7) is 6.64. The zero-order chi connectivity index (χ0) is 16.8. The number of amides is 1. The molecule has 0 bridgehead atoms. The SMILES string of the molecule is Cc1ccc(C)c(OCC(=O)NCCc2ccc(Cl)cc2)c1C. The molecule has 0 aliphatic heterocycles. The highest BCUT2D eigenvalue weighted by Crippen LogP contribution is 2.25. The number of rotatable bonds is 6. The van der Waals surface area contributed by atoms with Crippen LogP contribution < -0.4 is 10.1 Å². The van der Waals surface area contributed by atoms with Crippen LogP contribution in [0.1, 0.15) is 22.3 Å². The van der Waals surface area contributed by atoms with Crippen molar-refractivity contribution in [3.8, 4) is 5.75 Å². The number of ether oxygens (including phenoxy) is 1. The summed E-state index contributed by atoms with van der Waals surface area (Å²) in [5.41, 5.74) is 4.43. The second kappa shape index (κ2) is 8.02. The Morgan fingerprint density at radius 2 is 1.70 bits per heavy atom. The van der Waals surface area contributed by atoms with Crippen LogP contribution in [0.2, 0.25) is 5.02 Å². The van der Waals surface area contributed by atoms with Gasteiger partial charge in [0.2, 0.25) is 0 Å². The molecule has 0 spiro atoms. The highest BCUT2D eigenvalue weighted by atomic mass is 35.5. The Hall–Kier alpha value is -2.00. The van der Waals surface area contributed by atoms with Crippen LogP contribution in [0.4, 0.5) is 0 Å². The van der Waals surface area contributed by atoms with Crippen LogP contribution in [0, 0.1) is 20.8 Å². The third-order valence-electron chi connectivity index (χ3n) is 3.87. The van der Waals surface area contributed by atoms with Crippen LogP contribution in [-0.2, 0) is 11.2 Å². The van der Waals surface area contributed by atoms with Gasteiger partial charge < -0.3 is 10.1 Å². The minimum Gasteiger partial charge on any atom is -0.483 e. The number of carbonyl (C=O) groups excluding carboxylic acids is 1. The lowest BCUT2D eigenvalue weighted by atomic mass is 10.1. The van der Waals surface area contributed by atoms with Gasteiger partial charge in [0.1, 0.15) is 5.75 Å². The molecule has 0 unspecified atom stereocenters. The molecule has 0 fully saturated rings. The van der Waals surface area contributed by atoms with E-state index in [0.29, 0.717) is 6.54 Å². The topological polar surface area (TPSA) is 38.3 Å². The largest absolute Gasteiger partial charge is 0.483 e. The molecule has 0 aliphatic carbocycles. The second-order valence-corrected chi connectivity index (χ2v) is 6.11. The monoisotopic (exact) mass is 331 g/mol. The molecule has 0 aliphatic rings. The van der Waals surface area contributed by atoms with Crippen LogP contribution in [0.15, 0.2) is 36.4 Å². The van der Waals surface area contributed by atoms with Crippen molar-refractivity contribution >= 4 is 17.5 Å². The third-order valence-corrected chi connectivity index (χ3v) is 4.12. The maximum absolute atomic E-state index is 11.9. The van der Waals surface area contributed by atoms with E-state index in [1.165, 1.54) is 0 Å². The first-order valence-electron chi connectivity index (χ1n) is 7.68. The van der Waals surface area contributed by atoms with E-state index in [-0.39, 0.29) is 12.5 Å². The van der Waals surface area contributed by atoms with Crippen molar-refractivity contribution in [1.29, 1.82) is 0 Å². The summed E-state index contributed by atoms with van der Waals surface area (Å²) >= 11 is 5.85. The predicted octanol–water partition coefficient (Wildman–Crippen LogP) is 4.00. The van der Waals surface area contributed by atoms with Crippen molar-refractivity contribution in [2.24, 2.45) is 0 Å². The van der Waals surface area contributed by atoms with Crippen LogP contribution in [0.25, 0.3) is 0 Å². The van der Waals surface area contributed by atoms with Gasteiger partial charge in [-0.15, -0.1) is 0 Å². The number of hydrogen-bond donors (Lipinski definition) is 1. The predicted molar refractivity (Wildman–Crippen MR) is 94.3 cm³/mol. The van der Waals surface area contributed by atoms with Gasteiger partial charge in [0.05, 0.1) is 0 Å². The lowest BCUT2D eigenvalue weighted by Gasteiger charge is -2.14. The summed E-state index contributed by atoms with van der Waals surface area (Å²) in [7, 11) is 0. The van der Waals surface area contributed by atoms with Crippen molar-refractivity contribution in [3.63, 3.8) is 0 Å². The molecule has 0 aromatic heterocycles. The van der Waals surface area contributed by atoms with Gasteiger partial charge in [-0.3, -0.25) is 4.79 Å². The lowest BCUT2D eigenvalue weighted by Crippen LogP contribution is -2.30. The van der Waals surface area contributed by atoms with E-state index in [1.807, 2.05) is 51.1 Å². The first kappa shape index (κ1) is 17.4. The van der Waals surface area contributed by atoms with E-state index < -0.39 is 0 Å².